The van der Waals surface area contributed by atoms with Crippen molar-refractivity contribution in [1.29, 1.82) is 0 Å². The van der Waals surface area contributed by atoms with Gasteiger partial charge >= 0.3 is 0 Å². The lowest BCUT2D eigenvalue weighted by atomic mass is 10.1. The molecule has 8 nitrogen and oxygen atoms in total. The Morgan fingerprint density at radius 2 is 1.81 bits per heavy atom. The van der Waals surface area contributed by atoms with Gasteiger partial charge in [-0.1, -0.05) is 0 Å². The normalized spacial score (nSPS) is 16.3. The van der Waals surface area contributed by atoms with Crippen molar-refractivity contribution in [1.82, 2.24) is 10.7 Å². The smallest absolute Gasteiger partial charge is 0.258 e. The third-order valence-electron chi connectivity index (χ3n) is 3.55. The van der Waals surface area contributed by atoms with Gasteiger partial charge in [0.05, 0.1) is 25.8 Å². The molecule has 1 heterocycles. The molecule has 8 heteroatoms. The molecule has 0 saturated carbocycles. The Bertz CT molecular complexity index is 674. The van der Waals surface area contributed by atoms with E-state index in [2.05, 4.69) is 15.8 Å². The molecule has 0 bridgehead atoms. The van der Waals surface area contributed by atoms with E-state index >= 15 is 0 Å². The maximum absolute atomic E-state index is 11.9. The fraction of sp³-hybridized carbons (Fsp3) is 0.526. The van der Waals surface area contributed by atoms with Crippen molar-refractivity contribution in [3.63, 3.8) is 0 Å². The monoisotopic (exact) mass is 377 g/mol. The standard InChI is InChI=1S/C19H27N3O5/c1-18(2,3)21-17(24)13-25-15-7-5-14(6-8-15)12-20-22-16(23)11-19(4)26-9-10-27-19/h5-8,12H,9-11,13H2,1-4H3,(H,21,24)(H,22,23)/b20-12+. The second-order valence-electron chi connectivity index (χ2n) is 7.46. The third-order valence-corrected chi connectivity index (χ3v) is 3.55. The summed E-state index contributed by atoms with van der Waals surface area (Å²) in [7, 11) is 0. The Labute approximate surface area is 159 Å². The van der Waals surface area contributed by atoms with E-state index in [1.165, 1.54) is 6.21 Å². The number of hydrogen-bond acceptors (Lipinski definition) is 6. The van der Waals surface area contributed by atoms with Gasteiger partial charge in [-0.25, -0.2) is 5.43 Å². The zero-order valence-corrected chi connectivity index (χ0v) is 16.2. The molecule has 0 spiro atoms. The molecule has 1 fully saturated rings. The molecule has 2 rings (SSSR count). The minimum atomic E-state index is -0.877. The van der Waals surface area contributed by atoms with Crippen LogP contribution in [0.2, 0.25) is 0 Å². The largest absolute Gasteiger partial charge is 0.484 e. The van der Waals surface area contributed by atoms with Crippen LogP contribution in [0.15, 0.2) is 29.4 Å². The lowest BCUT2D eigenvalue weighted by Crippen LogP contribution is -2.43. The van der Waals surface area contributed by atoms with Crippen molar-refractivity contribution in [2.24, 2.45) is 5.10 Å². The van der Waals surface area contributed by atoms with Crippen molar-refractivity contribution < 1.29 is 23.8 Å². The summed E-state index contributed by atoms with van der Waals surface area (Å²) in [6.07, 6.45) is 1.60. The molecule has 1 aromatic carbocycles. The number of hydrazone groups is 1. The van der Waals surface area contributed by atoms with Crippen molar-refractivity contribution in [2.75, 3.05) is 19.8 Å². The quantitative estimate of drug-likeness (QED) is 0.555. The number of carbonyl (C=O) groups excluding carboxylic acids is 2. The summed E-state index contributed by atoms with van der Waals surface area (Å²) < 4.78 is 16.2. The minimum Gasteiger partial charge on any atom is -0.484 e. The molecule has 148 valence electrons. The number of nitrogens with one attached hydrogen (secondary N) is 2. The first-order chi connectivity index (χ1) is 12.7. The van der Waals surface area contributed by atoms with E-state index in [9.17, 15) is 9.59 Å². The summed E-state index contributed by atoms with van der Waals surface area (Å²) in [5.74, 6) is -0.776. The Morgan fingerprint density at radius 3 is 2.41 bits per heavy atom. The molecule has 0 unspecified atom stereocenters. The molecule has 0 aliphatic carbocycles. The lowest BCUT2D eigenvalue weighted by Gasteiger charge is -2.20. The van der Waals surface area contributed by atoms with Gasteiger partial charge in [-0.15, -0.1) is 0 Å². The van der Waals surface area contributed by atoms with Gasteiger partial charge in [0.2, 0.25) is 5.91 Å². The van der Waals surface area contributed by atoms with E-state index in [1.807, 2.05) is 20.8 Å². The number of nitrogens with zero attached hydrogens (tertiary/aromatic N) is 1. The first kappa shape index (κ1) is 20.9. The summed E-state index contributed by atoms with van der Waals surface area (Å²) in [5, 5.41) is 6.74. The molecule has 1 aliphatic heterocycles. The first-order valence-electron chi connectivity index (χ1n) is 8.79. The highest BCUT2D eigenvalue weighted by molar-refractivity contribution is 5.83. The second-order valence-corrected chi connectivity index (χ2v) is 7.46. The summed E-state index contributed by atoms with van der Waals surface area (Å²) in [4.78, 5) is 23.6. The molecule has 2 N–H and O–H groups in total. The van der Waals surface area contributed by atoms with E-state index in [0.717, 1.165) is 5.56 Å². The number of benzene rings is 1. The molecule has 1 aromatic rings. The van der Waals surface area contributed by atoms with Crippen LogP contribution in [-0.2, 0) is 19.1 Å². The van der Waals surface area contributed by atoms with E-state index in [-0.39, 0.29) is 30.4 Å². The Balaban J connectivity index is 1.75. The molecular formula is C19H27N3O5. The lowest BCUT2D eigenvalue weighted by molar-refractivity contribution is -0.159. The van der Waals surface area contributed by atoms with Crippen molar-refractivity contribution >= 4 is 18.0 Å². The highest BCUT2D eigenvalue weighted by atomic mass is 16.7. The first-order valence-corrected chi connectivity index (χ1v) is 8.79. The van der Waals surface area contributed by atoms with Crippen LogP contribution in [0.3, 0.4) is 0 Å². The van der Waals surface area contributed by atoms with Gasteiger partial charge in [0, 0.05) is 5.54 Å². The third kappa shape index (κ3) is 7.76. The fourth-order valence-corrected chi connectivity index (χ4v) is 2.42. The minimum absolute atomic E-state index is 0.0519. The van der Waals surface area contributed by atoms with E-state index < -0.39 is 5.79 Å². The van der Waals surface area contributed by atoms with Gasteiger partial charge in [-0.05, 0) is 57.5 Å². The van der Waals surface area contributed by atoms with Crippen LogP contribution in [0.5, 0.6) is 5.75 Å². The van der Waals surface area contributed by atoms with E-state index in [0.29, 0.717) is 19.0 Å². The highest BCUT2D eigenvalue weighted by Gasteiger charge is 2.33. The number of rotatable bonds is 7. The van der Waals surface area contributed by atoms with Gasteiger partial charge < -0.3 is 19.5 Å². The second kappa shape index (κ2) is 8.96. The average Bonchev–Trinajstić information content (AvgIpc) is 2.98. The zero-order valence-electron chi connectivity index (χ0n) is 16.2. The van der Waals surface area contributed by atoms with Crippen molar-refractivity contribution in [3.05, 3.63) is 29.8 Å². The van der Waals surface area contributed by atoms with Crippen LogP contribution in [0.1, 0.15) is 39.7 Å². The van der Waals surface area contributed by atoms with Gasteiger partial charge in [0.25, 0.3) is 5.91 Å². The maximum Gasteiger partial charge on any atom is 0.258 e. The number of carbonyl (C=O) groups is 2. The molecule has 27 heavy (non-hydrogen) atoms. The maximum atomic E-state index is 11.9. The highest BCUT2D eigenvalue weighted by Crippen LogP contribution is 2.22. The van der Waals surface area contributed by atoms with Crippen molar-refractivity contribution in [3.8, 4) is 5.75 Å². The van der Waals surface area contributed by atoms with E-state index in [4.69, 9.17) is 14.2 Å². The van der Waals surface area contributed by atoms with Gasteiger partial charge in [-0.2, -0.15) is 5.10 Å². The van der Waals surface area contributed by atoms with Gasteiger partial charge in [-0.3, -0.25) is 9.59 Å². The van der Waals surface area contributed by atoms with Crippen LogP contribution in [0, 0.1) is 0 Å². The van der Waals surface area contributed by atoms with Gasteiger partial charge in [0.1, 0.15) is 5.75 Å². The molecule has 1 aliphatic rings. The summed E-state index contributed by atoms with van der Waals surface area (Å²) in [5.41, 5.74) is 2.93. The molecular weight excluding hydrogens is 350 g/mol. The summed E-state index contributed by atoms with van der Waals surface area (Å²) >= 11 is 0. The van der Waals surface area contributed by atoms with Gasteiger partial charge in [0.15, 0.2) is 12.4 Å². The fourth-order valence-electron chi connectivity index (χ4n) is 2.42. The predicted molar refractivity (Wildman–Crippen MR) is 100 cm³/mol. The van der Waals surface area contributed by atoms with Crippen LogP contribution in [-0.4, -0.2) is 49.2 Å². The Hall–Kier alpha value is -2.45. The SMILES string of the molecule is CC(C)(C)NC(=O)COc1ccc(/C=N/NC(=O)CC2(C)OCCO2)cc1. The predicted octanol–water partition coefficient (Wildman–Crippen LogP) is 1.58. The van der Waals surface area contributed by atoms with Crippen LogP contribution in [0.4, 0.5) is 0 Å². The molecule has 0 atom stereocenters. The molecule has 1 saturated heterocycles. The summed E-state index contributed by atoms with van der Waals surface area (Å²) in [6, 6.07) is 7.01. The average molecular weight is 377 g/mol. The van der Waals surface area contributed by atoms with Crippen LogP contribution in [0.25, 0.3) is 0 Å². The summed E-state index contributed by atoms with van der Waals surface area (Å²) in [6.45, 7) is 8.37. The topological polar surface area (TPSA) is 98.2 Å². The number of amides is 2. The molecule has 0 aromatic heterocycles. The Morgan fingerprint density at radius 1 is 1.19 bits per heavy atom. The molecule has 2 amide bonds. The van der Waals surface area contributed by atoms with Crippen LogP contribution < -0.4 is 15.5 Å². The number of ether oxygens (including phenoxy) is 3. The zero-order chi connectivity index (χ0) is 19.9. The van der Waals surface area contributed by atoms with E-state index in [1.54, 1.807) is 31.2 Å². The van der Waals surface area contributed by atoms with Crippen molar-refractivity contribution in [2.45, 2.75) is 45.4 Å². The Kier molecular flexibility index (Phi) is 6.92. The number of hydrogen-bond donors (Lipinski definition) is 2. The van der Waals surface area contributed by atoms with Crippen LogP contribution >= 0.6 is 0 Å². The molecule has 0 radical (unpaired) electrons.